The van der Waals surface area contributed by atoms with Gasteiger partial charge in [-0.15, -0.1) is 11.6 Å². The van der Waals surface area contributed by atoms with Crippen molar-refractivity contribution in [2.24, 2.45) is 0 Å². The number of aryl methyl sites for hydroxylation is 1. The van der Waals surface area contributed by atoms with E-state index in [1.165, 1.54) is 5.56 Å². The smallest absolute Gasteiger partial charge is 0.306 e. The van der Waals surface area contributed by atoms with E-state index in [-0.39, 0.29) is 5.97 Å². The molecule has 18 heavy (non-hydrogen) atoms. The summed E-state index contributed by atoms with van der Waals surface area (Å²) in [5.41, 5.74) is 1.18. The minimum Gasteiger partial charge on any atom is -0.466 e. The Morgan fingerprint density at radius 1 is 1.06 bits per heavy atom. The van der Waals surface area contributed by atoms with Crippen LogP contribution >= 0.6 is 11.6 Å². The zero-order chi connectivity index (χ0) is 13.1. The van der Waals surface area contributed by atoms with E-state index < -0.39 is 0 Å². The van der Waals surface area contributed by atoms with Crippen LogP contribution in [0.4, 0.5) is 0 Å². The molecule has 0 fully saturated rings. The molecule has 0 aromatic heterocycles. The maximum absolute atomic E-state index is 11.5. The number of hydrogen-bond acceptors (Lipinski definition) is 2. The topological polar surface area (TPSA) is 26.3 Å². The summed E-state index contributed by atoms with van der Waals surface area (Å²) in [4.78, 5) is 11.5. The van der Waals surface area contributed by atoms with Crippen LogP contribution < -0.4 is 0 Å². The second kappa shape index (κ2) is 9.95. The van der Waals surface area contributed by atoms with Crippen LogP contribution in [0, 0.1) is 0 Å². The molecule has 0 aliphatic heterocycles. The van der Waals surface area contributed by atoms with Crippen LogP contribution in [0.2, 0.25) is 0 Å². The Bertz CT molecular complexity index is 325. The summed E-state index contributed by atoms with van der Waals surface area (Å²) in [7, 11) is 0. The van der Waals surface area contributed by atoms with Gasteiger partial charge in [0.1, 0.15) is 0 Å². The molecule has 3 heteroatoms. The van der Waals surface area contributed by atoms with Gasteiger partial charge in [0.25, 0.3) is 0 Å². The van der Waals surface area contributed by atoms with Gasteiger partial charge < -0.3 is 4.74 Å². The highest BCUT2D eigenvalue weighted by Gasteiger charge is 2.03. The number of carbonyl (C=O) groups is 1. The minimum atomic E-state index is -0.101. The van der Waals surface area contributed by atoms with Crippen LogP contribution in [0.1, 0.15) is 37.7 Å². The van der Waals surface area contributed by atoms with Gasteiger partial charge in [0, 0.05) is 12.3 Å². The van der Waals surface area contributed by atoms with Crippen molar-refractivity contribution in [1.82, 2.24) is 0 Å². The Morgan fingerprint density at radius 3 is 2.50 bits per heavy atom. The maximum atomic E-state index is 11.5. The highest BCUT2D eigenvalue weighted by Crippen LogP contribution is 2.05. The SMILES string of the molecule is O=C(CCc1ccccc1)OCCCCCCCl. The summed E-state index contributed by atoms with van der Waals surface area (Å²) < 4.78 is 5.17. The molecule has 0 amide bonds. The van der Waals surface area contributed by atoms with Crippen molar-refractivity contribution in [1.29, 1.82) is 0 Å². The Kier molecular flexibility index (Phi) is 8.32. The lowest BCUT2D eigenvalue weighted by Crippen LogP contribution is -2.07. The summed E-state index contributed by atoms with van der Waals surface area (Å²) in [6, 6.07) is 10.00. The van der Waals surface area contributed by atoms with E-state index in [9.17, 15) is 4.79 Å². The molecular formula is C15H21ClO2. The fourth-order valence-corrected chi connectivity index (χ4v) is 1.89. The molecule has 0 aliphatic rings. The third-order valence-electron chi connectivity index (χ3n) is 2.75. The third-order valence-corrected chi connectivity index (χ3v) is 3.02. The van der Waals surface area contributed by atoms with Crippen molar-refractivity contribution in [3.63, 3.8) is 0 Å². The van der Waals surface area contributed by atoms with Crippen LogP contribution in [0.5, 0.6) is 0 Å². The van der Waals surface area contributed by atoms with Crippen LogP contribution in [-0.4, -0.2) is 18.5 Å². The van der Waals surface area contributed by atoms with Crippen molar-refractivity contribution < 1.29 is 9.53 Å². The molecule has 0 aliphatic carbocycles. The van der Waals surface area contributed by atoms with E-state index in [1.54, 1.807) is 0 Å². The summed E-state index contributed by atoms with van der Waals surface area (Å²) in [6.07, 6.45) is 5.40. The molecule has 1 aromatic rings. The van der Waals surface area contributed by atoms with Crippen LogP contribution in [-0.2, 0) is 16.0 Å². The van der Waals surface area contributed by atoms with Gasteiger partial charge in [-0.1, -0.05) is 43.2 Å². The minimum absolute atomic E-state index is 0.101. The molecule has 0 radical (unpaired) electrons. The van der Waals surface area contributed by atoms with E-state index >= 15 is 0 Å². The van der Waals surface area contributed by atoms with E-state index in [0.29, 0.717) is 13.0 Å². The Balaban J connectivity index is 2.01. The second-order valence-electron chi connectivity index (χ2n) is 4.31. The largest absolute Gasteiger partial charge is 0.466 e. The lowest BCUT2D eigenvalue weighted by atomic mass is 10.1. The van der Waals surface area contributed by atoms with Crippen molar-refractivity contribution in [3.8, 4) is 0 Å². The summed E-state index contributed by atoms with van der Waals surface area (Å²) in [5.74, 6) is 0.618. The van der Waals surface area contributed by atoms with Crippen molar-refractivity contribution in [2.75, 3.05) is 12.5 Å². The predicted octanol–water partition coefficient (Wildman–Crippen LogP) is 3.96. The Hall–Kier alpha value is -1.02. The molecule has 0 spiro atoms. The fourth-order valence-electron chi connectivity index (χ4n) is 1.70. The molecule has 0 unspecified atom stereocenters. The van der Waals surface area contributed by atoms with Gasteiger partial charge in [-0.25, -0.2) is 0 Å². The fraction of sp³-hybridized carbons (Fsp3) is 0.533. The zero-order valence-electron chi connectivity index (χ0n) is 10.7. The maximum Gasteiger partial charge on any atom is 0.306 e. The van der Waals surface area contributed by atoms with Gasteiger partial charge in [0.2, 0.25) is 0 Å². The molecule has 100 valence electrons. The first-order valence-electron chi connectivity index (χ1n) is 6.58. The van der Waals surface area contributed by atoms with Crippen molar-refractivity contribution in [3.05, 3.63) is 35.9 Å². The molecule has 0 N–H and O–H groups in total. The summed E-state index contributed by atoms with van der Waals surface area (Å²) in [5, 5.41) is 0. The van der Waals surface area contributed by atoms with Gasteiger partial charge in [-0.05, 0) is 24.8 Å². The normalized spacial score (nSPS) is 10.3. The molecule has 0 atom stereocenters. The number of alkyl halides is 1. The molecule has 0 saturated carbocycles. The van der Waals surface area contributed by atoms with Crippen LogP contribution in [0.25, 0.3) is 0 Å². The van der Waals surface area contributed by atoms with Gasteiger partial charge in [-0.2, -0.15) is 0 Å². The monoisotopic (exact) mass is 268 g/mol. The standard InChI is InChI=1S/C15H21ClO2/c16-12-6-1-2-7-13-18-15(17)11-10-14-8-4-3-5-9-14/h3-5,8-9H,1-2,6-7,10-13H2. The number of benzene rings is 1. The van der Waals surface area contributed by atoms with Gasteiger partial charge >= 0.3 is 5.97 Å². The third kappa shape index (κ3) is 7.33. The number of unbranched alkanes of at least 4 members (excludes halogenated alkanes) is 3. The molecule has 0 heterocycles. The highest BCUT2D eigenvalue weighted by atomic mass is 35.5. The predicted molar refractivity (Wildman–Crippen MR) is 74.9 cm³/mol. The molecule has 1 aromatic carbocycles. The van der Waals surface area contributed by atoms with Crippen LogP contribution in [0.3, 0.4) is 0 Å². The number of hydrogen-bond donors (Lipinski definition) is 0. The van der Waals surface area contributed by atoms with Gasteiger partial charge in [0.15, 0.2) is 0 Å². The molecule has 0 bridgehead atoms. The summed E-state index contributed by atoms with van der Waals surface area (Å²) in [6.45, 7) is 0.538. The van der Waals surface area contributed by atoms with Gasteiger partial charge in [0.05, 0.1) is 6.61 Å². The van der Waals surface area contributed by atoms with E-state index in [0.717, 1.165) is 38.0 Å². The lowest BCUT2D eigenvalue weighted by Gasteiger charge is -2.04. The van der Waals surface area contributed by atoms with E-state index in [1.807, 2.05) is 30.3 Å². The first kappa shape index (κ1) is 15.0. The van der Waals surface area contributed by atoms with E-state index in [4.69, 9.17) is 16.3 Å². The number of halogens is 1. The number of rotatable bonds is 9. The highest BCUT2D eigenvalue weighted by molar-refractivity contribution is 6.17. The number of carbonyl (C=O) groups excluding carboxylic acids is 1. The van der Waals surface area contributed by atoms with Gasteiger partial charge in [-0.3, -0.25) is 4.79 Å². The van der Waals surface area contributed by atoms with Crippen molar-refractivity contribution >= 4 is 17.6 Å². The molecule has 0 saturated heterocycles. The second-order valence-corrected chi connectivity index (χ2v) is 4.69. The first-order valence-corrected chi connectivity index (χ1v) is 7.12. The average molecular weight is 269 g/mol. The molecular weight excluding hydrogens is 248 g/mol. The molecule has 1 rings (SSSR count). The van der Waals surface area contributed by atoms with Crippen molar-refractivity contribution in [2.45, 2.75) is 38.5 Å². The first-order chi connectivity index (χ1) is 8.83. The van der Waals surface area contributed by atoms with Crippen LogP contribution in [0.15, 0.2) is 30.3 Å². The Labute approximate surface area is 114 Å². The number of ether oxygens (including phenoxy) is 1. The quantitative estimate of drug-likeness (QED) is 0.385. The van der Waals surface area contributed by atoms with E-state index in [2.05, 4.69) is 0 Å². The lowest BCUT2D eigenvalue weighted by molar-refractivity contribution is -0.143. The summed E-state index contributed by atoms with van der Waals surface area (Å²) >= 11 is 5.58. The zero-order valence-corrected chi connectivity index (χ0v) is 11.5. The Morgan fingerprint density at radius 2 is 1.78 bits per heavy atom. The molecule has 2 nitrogen and oxygen atoms in total. The average Bonchev–Trinajstić information content (AvgIpc) is 2.41. The number of esters is 1.